The van der Waals surface area contributed by atoms with Crippen LogP contribution in [0.2, 0.25) is 0 Å². The normalized spacial score (nSPS) is 23.4. The lowest BCUT2D eigenvalue weighted by atomic mass is 9.96. The number of nitrogens with one attached hydrogen (secondary N) is 1. The fourth-order valence-corrected chi connectivity index (χ4v) is 5.32. The summed E-state index contributed by atoms with van der Waals surface area (Å²) in [4.78, 5) is 6.99. The minimum atomic E-state index is -0.000161. The zero-order valence-corrected chi connectivity index (χ0v) is 18.8. The molecule has 31 heavy (non-hydrogen) atoms. The highest BCUT2D eigenvalue weighted by Crippen LogP contribution is 2.41. The average Bonchev–Trinajstić information content (AvgIpc) is 3.49. The first-order valence-corrected chi connectivity index (χ1v) is 11.4. The van der Waals surface area contributed by atoms with Crippen LogP contribution in [0.25, 0.3) is 5.69 Å². The van der Waals surface area contributed by atoms with Crippen molar-refractivity contribution < 1.29 is 4.74 Å². The minimum absolute atomic E-state index is 0.000161. The Morgan fingerprint density at radius 1 is 1.13 bits per heavy atom. The largest absolute Gasteiger partial charge is 0.376 e. The summed E-state index contributed by atoms with van der Waals surface area (Å²) in [6.07, 6.45) is 4.29. The molecule has 1 aromatic carbocycles. The van der Waals surface area contributed by atoms with Gasteiger partial charge in [-0.1, -0.05) is 24.3 Å². The standard InChI is InChI=1S/C25H28N4OS/c1-17-15-21(18(2)29(17)19-9-4-3-5-10-19)24-23(22-12-6-7-13-26-22)27-25(31)28(24)16-20-11-8-14-30-20/h3-7,9-10,12-13,15,20,23-24H,8,11,14,16H2,1-2H3,(H,27,31)/t20-,23-,24-/m0/s1. The topological polar surface area (TPSA) is 42.3 Å². The number of hydrogen-bond donors (Lipinski definition) is 1. The maximum Gasteiger partial charge on any atom is 0.170 e. The van der Waals surface area contributed by atoms with Gasteiger partial charge in [0.2, 0.25) is 0 Å². The van der Waals surface area contributed by atoms with Crippen molar-refractivity contribution in [2.45, 2.75) is 44.9 Å². The maximum atomic E-state index is 5.97. The summed E-state index contributed by atoms with van der Waals surface area (Å²) in [5.74, 6) is 0. The van der Waals surface area contributed by atoms with E-state index in [1.165, 1.54) is 22.6 Å². The molecule has 5 rings (SSSR count). The van der Waals surface area contributed by atoms with Crippen molar-refractivity contribution in [1.82, 2.24) is 19.8 Å². The van der Waals surface area contributed by atoms with Gasteiger partial charge in [-0.2, -0.15) is 0 Å². The van der Waals surface area contributed by atoms with E-state index in [9.17, 15) is 0 Å². The SMILES string of the molecule is Cc1cc([C@H]2[C@H](c3ccccn3)NC(=S)N2C[C@@H]2CCCO2)c(C)n1-c1ccccc1. The highest BCUT2D eigenvalue weighted by molar-refractivity contribution is 7.80. The zero-order chi connectivity index (χ0) is 21.4. The maximum absolute atomic E-state index is 5.97. The van der Waals surface area contributed by atoms with Crippen LogP contribution in [0.15, 0.2) is 60.8 Å². The molecule has 2 aromatic heterocycles. The molecule has 2 saturated heterocycles. The van der Waals surface area contributed by atoms with Crippen LogP contribution in [0.3, 0.4) is 0 Å². The highest BCUT2D eigenvalue weighted by Gasteiger charge is 2.42. The second-order valence-electron chi connectivity index (χ2n) is 8.41. The second kappa shape index (κ2) is 8.44. The molecule has 2 aliphatic heterocycles. The third-order valence-corrected chi connectivity index (χ3v) is 6.78. The van der Waals surface area contributed by atoms with Crippen LogP contribution in [-0.4, -0.2) is 38.8 Å². The van der Waals surface area contributed by atoms with Gasteiger partial charge in [0.15, 0.2) is 5.11 Å². The zero-order valence-electron chi connectivity index (χ0n) is 18.0. The molecule has 0 saturated carbocycles. The van der Waals surface area contributed by atoms with Crippen LogP contribution in [0.1, 0.15) is 47.6 Å². The Hall–Kier alpha value is -2.70. The van der Waals surface area contributed by atoms with E-state index in [4.69, 9.17) is 17.0 Å². The van der Waals surface area contributed by atoms with Crippen LogP contribution in [0.4, 0.5) is 0 Å². The number of rotatable bonds is 5. The van der Waals surface area contributed by atoms with E-state index in [2.05, 4.69) is 76.1 Å². The molecule has 160 valence electrons. The Balaban J connectivity index is 1.59. The number of pyridine rings is 1. The van der Waals surface area contributed by atoms with Gasteiger partial charge in [-0.15, -0.1) is 0 Å². The van der Waals surface area contributed by atoms with Crippen molar-refractivity contribution in [2.75, 3.05) is 13.2 Å². The summed E-state index contributed by atoms with van der Waals surface area (Å²) in [5.41, 5.74) is 5.92. The molecule has 0 spiro atoms. The number of thiocarbonyl (C=S) groups is 1. The Morgan fingerprint density at radius 3 is 2.65 bits per heavy atom. The van der Waals surface area contributed by atoms with Gasteiger partial charge in [-0.3, -0.25) is 4.98 Å². The second-order valence-corrected chi connectivity index (χ2v) is 8.80. The van der Waals surface area contributed by atoms with Gasteiger partial charge in [-0.25, -0.2) is 0 Å². The molecular weight excluding hydrogens is 404 g/mol. The first-order valence-electron chi connectivity index (χ1n) is 11.0. The lowest BCUT2D eigenvalue weighted by Crippen LogP contribution is -2.36. The minimum Gasteiger partial charge on any atom is -0.376 e. The van der Waals surface area contributed by atoms with Gasteiger partial charge >= 0.3 is 0 Å². The molecule has 5 nitrogen and oxygen atoms in total. The van der Waals surface area contributed by atoms with Crippen molar-refractivity contribution in [3.63, 3.8) is 0 Å². The molecule has 2 fully saturated rings. The van der Waals surface area contributed by atoms with E-state index in [-0.39, 0.29) is 18.2 Å². The van der Waals surface area contributed by atoms with Crippen LogP contribution in [0.5, 0.6) is 0 Å². The van der Waals surface area contributed by atoms with Crippen LogP contribution >= 0.6 is 12.2 Å². The lowest BCUT2D eigenvalue weighted by molar-refractivity contribution is 0.0842. The lowest BCUT2D eigenvalue weighted by Gasteiger charge is -2.30. The van der Waals surface area contributed by atoms with E-state index < -0.39 is 0 Å². The summed E-state index contributed by atoms with van der Waals surface area (Å²) in [6, 6.07) is 19.0. The molecule has 4 heterocycles. The quantitative estimate of drug-likeness (QED) is 0.595. The number of aryl methyl sites for hydroxylation is 1. The summed E-state index contributed by atoms with van der Waals surface area (Å²) >= 11 is 5.83. The fourth-order valence-electron chi connectivity index (χ4n) is 5.01. The molecule has 0 amide bonds. The number of aromatic nitrogens is 2. The first-order chi connectivity index (χ1) is 15.1. The van der Waals surface area contributed by atoms with E-state index in [0.29, 0.717) is 0 Å². The molecule has 0 bridgehead atoms. The molecule has 6 heteroatoms. The van der Waals surface area contributed by atoms with Crippen molar-refractivity contribution in [3.05, 3.63) is 83.4 Å². The van der Waals surface area contributed by atoms with E-state index >= 15 is 0 Å². The molecule has 0 aliphatic carbocycles. The summed E-state index contributed by atoms with van der Waals surface area (Å²) in [5, 5.41) is 4.35. The summed E-state index contributed by atoms with van der Waals surface area (Å²) < 4.78 is 8.30. The van der Waals surface area contributed by atoms with E-state index in [1.807, 2.05) is 18.3 Å². The predicted molar refractivity (Wildman–Crippen MR) is 126 cm³/mol. The molecule has 0 radical (unpaired) electrons. The summed E-state index contributed by atoms with van der Waals surface area (Å²) in [6.45, 7) is 6.02. The first kappa shape index (κ1) is 20.2. The van der Waals surface area contributed by atoms with Crippen molar-refractivity contribution >= 4 is 17.3 Å². The molecule has 1 N–H and O–H groups in total. The molecule has 3 atom stereocenters. The third-order valence-electron chi connectivity index (χ3n) is 6.43. The van der Waals surface area contributed by atoms with Gasteiger partial charge in [0.25, 0.3) is 0 Å². The molecular formula is C25H28N4OS. The highest BCUT2D eigenvalue weighted by atomic mass is 32.1. The van der Waals surface area contributed by atoms with Gasteiger partial charge in [0.05, 0.1) is 23.9 Å². The van der Waals surface area contributed by atoms with Gasteiger partial charge < -0.3 is 19.5 Å². The number of nitrogens with zero attached hydrogens (tertiary/aromatic N) is 3. The van der Waals surface area contributed by atoms with E-state index in [0.717, 1.165) is 36.8 Å². The Bertz CT molecular complexity index is 1060. The number of para-hydroxylation sites is 1. The third kappa shape index (κ3) is 3.75. The van der Waals surface area contributed by atoms with Crippen LogP contribution < -0.4 is 5.32 Å². The fraction of sp³-hybridized carbons (Fsp3) is 0.360. The Morgan fingerprint density at radius 2 is 1.94 bits per heavy atom. The molecule has 2 aliphatic rings. The number of benzene rings is 1. The van der Waals surface area contributed by atoms with Crippen molar-refractivity contribution in [2.24, 2.45) is 0 Å². The Kier molecular flexibility index (Phi) is 5.50. The molecule has 0 unspecified atom stereocenters. The monoisotopic (exact) mass is 432 g/mol. The van der Waals surface area contributed by atoms with Crippen LogP contribution in [0, 0.1) is 13.8 Å². The van der Waals surface area contributed by atoms with Gasteiger partial charge in [-0.05, 0) is 74.8 Å². The van der Waals surface area contributed by atoms with Gasteiger partial charge in [0, 0.05) is 36.4 Å². The number of ether oxygens (including phenoxy) is 1. The Labute approximate surface area is 189 Å². The average molecular weight is 433 g/mol. The van der Waals surface area contributed by atoms with Crippen LogP contribution in [-0.2, 0) is 4.74 Å². The molecule has 3 aromatic rings. The number of hydrogen-bond acceptors (Lipinski definition) is 3. The van der Waals surface area contributed by atoms with Gasteiger partial charge in [0.1, 0.15) is 0 Å². The van der Waals surface area contributed by atoms with Crippen molar-refractivity contribution in [1.29, 1.82) is 0 Å². The smallest absolute Gasteiger partial charge is 0.170 e. The predicted octanol–water partition coefficient (Wildman–Crippen LogP) is 4.64. The van der Waals surface area contributed by atoms with Crippen molar-refractivity contribution in [3.8, 4) is 5.69 Å². The summed E-state index contributed by atoms with van der Waals surface area (Å²) in [7, 11) is 0. The van der Waals surface area contributed by atoms with E-state index in [1.54, 1.807) is 0 Å².